The van der Waals surface area contributed by atoms with Crippen molar-refractivity contribution in [2.75, 3.05) is 0 Å². The molecule has 0 fully saturated rings. The van der Waals surface area contributed by atoms with Crippen LogP contribution in [0.2, 0.25) is 0 Å². The van der Waals surface area contributed by atoms with Crippen molar-refractivity contribution >= 4 is 5.78 Å². The molecule has 0 aliphatic heterocycles. The predicted molar refractivity (Wildman–Crippen MR) is 56.3 cm³/mol. The van der Waals surface area contributed by atoms with E-state index in [1.807, 2.05) is 6.92 Å². The van der Waals surface area contributed by atoms with E-state index in [0.29, 0.717) is 12.3 Å². The van der Waals surface area contributed by atoms with Crippen LogP contribution in [0.3, 0.4) is 0 Å². The lowest BCUT2D eigenvalue weighted by atomic mass is 10.0. The van der Waals surface area contributed by atoms with E-state index in [2.05, 4.69) is 18.9 Å². The minimum absolute atomic E-state index is 0.207. The number of hydrogen-bond acceptors (Lipinski definition) is 2. The van der Waals surface area contributed by atoms with Crippen molar-refractivity contribution in [3.8, 4) is 0 Å². The van der Waals surface area contributed by atoms with E-state index >= 15 is 0 Å². The SMILES string of the molecule is CCn1nccc1C(=O)CCC(C)C. The van der Waals surface area contributed by atoms with Crippen LogP contribution in [0.1, 0.15) is 44.1 Å². The van der Waals surface area contributed by atoms with E-state index in [-0.39, 0.29) is 5.78 Å². The molecule has 0 unspecified atom stereocenters. The summed E-state index contributed by atoms with van der Waals surface area (Å²) in [6, 6.07) is 1.80. The van der Waals surface area contributed by atoms with Crippen molar-refractivity contribution in [1.29, 1.82) is 0 Å². The third-order valence-corrected chi connectivity index (χ3v) is 2.25. The fourth-order valence-corrected chi connectivity index (χ4v) is 1.37. The minimum atomic E-state index is 0.207. The first-order chi connectivity index (χ1) is 6.65. The molecule has 0 spiro atoms. The maximum Gasteiger partial charge on any atom is 0.180 e. The van der Waals surface area contributed by atoms with E-state index in [0.717, 1.165) is 18.7 Å². The predicted octanol–water partition coefficient (Wildman–Crippen LogP) is 2.52. The van der Waals surface area contributed by atoms with Crippen LogP contribution in [-0.2, 0) is 6.54 Å². The van der Waals surface area contributed by atoms with Crippen molar-refractivity contribution in [3.63, 3.8) is 0 Å². The smallest absolute Gasteiger partial charge is 0.180 e. The lowest BCUT2D eigenvalue weighted by Gasteiger charge is -2.05. The third-order valence-electron chi connectivity index (χ3n) is 2.25. The van der Waals surface area contributed by atoms with Gasteiger partial charge in [-0.05, 0) is 25.3 Å². The highest BCUT2D eigenvalue weighted by Gasteiger charge is 2.11. The summed E-state index contributed by atoms with van der Waals surface area (Å²) in [6.45, 7) is 7.01. The van der Waals surface area contributed by atoms with Crippen LogP contribution in [0.5, 0.6) is 0 Å². The number of rotatable bonds is 5. The fraction of sp³-hybridized carbons (Fsp3) is 0.636. The molecule has 0 saturated carbocycles. The van der Waals surface area contributed by atoms with Crippen molar-refractivity contribution in [3.05, 3.63) is 18.0 Å². The van der Waals surface area contributed by atoms with Gasteiger partial charge in [-0.2, -0.15) is 5.10 Å². The monoisotopic (exact) mass is 194 g/mol. The molecule has 1 aromatic heterocycles. The average Bonchev–Trinajstić information content (AvgIpc) is 2.61. The summed E-state index contributed by atoms with van der Waals surface area (Å²) in [5, 5.41) is 4.08. The second kappa shape index (κ2) is 4.94. The molecule has 1 heterocycles. The first kappa shape index (κ1) is 11.0. The maximum absolute atomic E-state index is 11.7. The molecule has 0 aliphatic carbocycles. The van der Waals surface area contributed by atoms with Gasteiger partial charge in [0.1, 0.15) is 5.69 Å². The van der Waals surface area contributed by atoms with Crippen LogP contribution < -0.4 is 0 Å². The van der Waals surface area contributed by atoms with E-state index in [9.17, 15) is 4.79 Å². The topological polar surface area (TPSA) is 34.9 Å². The summed E-state index contributed by atoms with van der Waals surface area (Å²) >= 11 is 0. The first-order valence-electron chi connectivity index (χ1n) is 5.20. The van der Waals surface area contributed by atoms with Gasteiger partial charge in [0.05, 0.1) is 0 Å². The Hall–Kier alpha value is -1.12. The molecular weight excluding hydrogens is 176 g/mol. The van der Waals surface area contributed by atoms with Crippen molar-refractivity contribution < 1.29 is 4.79 Å². The van der Waals surface area contributed by atoms with Gasteiger partial charge in [-0.25, -0.2) is 0 Å². The molecule has 1 aromatic rings. The van der Waals surface area contributed by atoms with Crippen LogP contribution in [0.25, 0.3) is 0 Å². The van der Waals surface area contributed by atoms with Gasteiger partial charge in [0.15, 0.2) is 5.78 Å². The van der Waals surface area contributed by atoms with Crippen molar-refractivity contribution in [2.24, 2.45) is 5.92 Å². The maximum atomic E-state index is 11.7. The largest absolute Gasteiger partial charge is 0.292 e. The van der Waals surface area contributed by atoms with E-state index < -0.39 is 0 Å². The van der Waals surface area contributed by atoms with Gasteiger partial charge in [-0.15, -0.1) is 0 Å². The van der Waals surface area contributed by atoms with Gasteiger partial charge in [-0.3, -0.25) is 9.48 Å². The summed E-state index contributed by atoms with van der Waals surface area (Å²) in [7, 11) is 0. The van der Waals surface area contributed by atoms with E-state index in [1.165, 1.54) is 0 Å². The molecule has 78 valence electrons. The van der Waals surface area contributed by atoms with Gasteiger partial charge >= 0.3 is 0 Å². The number of hydrogen-bond donors (Lipinski definition) is 0. The highest BCUT2D eigenvalue weighted by molar-refractivity contribution is 5.94. The van der Waals surface area contributed by atoms with Crippen molar-refractivity contribution in [2.45, 2.75) is 40.2 Å². The van der Waals surface area contributed by atoms with Gasteiger partial charge in [0, 0.05) is 19.2 Å². The number of nitrogens with zero attached hydrogens (tertiary/aromatic N) is 2. The molecular formula is C11H18N2O. The molecule has 14 heavy (non-hydrogen) atoms. The Labute approximate surface area is 85.1 Å². The highest BCUT2D eigenvalue weighted by Crippen LogP contribution is 2.09. The number of carbonyl (C=O) groups is 1. The van der Waals surface area contributed by atoms with E-state index in [1.54, 1.807) is 16.9 Å². The second-order valence-corrected chi connectivity index (χ2v) is 3.89. The zero-order chi connectivity index (χ0) is 10.6. The lowest BCUT2D eigenvalue weighted by Crippen LogP contribution is -2.10. The fourth-order valence-electron chi connectivity index (χ4n) is 1.37. The lowest BCUT2D eigenvalue weighted by molar-refractivity contribution is 0.0965. The Balaban J connectivity index is 2.60. The molecule has 3 heteroatoms. The Kier molecular flexibility index (Phi) is 3.86. The number of ketones is 1. The molecule has 3 nitrogen and oxygen atoms in total. The summed E-state index contributed by atoms with van der Waals surface area (Å²) in [5.74, 6) is 0.787. The third kappa shape index (κ3) is 2.69. The van der Waals surface area contributed by atoms with Crippen LogP contribution >= 0.6 is 0 Å². The molecule has 0 radical (unpaired) electrons. The van der Waals surface area contributed by atoms with Gasteiger partial charge in [0.2, 0.25) is 0 Å². The zero-order valence-corrected chi connectivity index (χ0v) is 9.16. The summed E-state index contributed by atoms with van der Waals surface area (Å²) in [5.41, 5.74) is 0.744. The summed E-state index contributed by atoms with van der Waals surface area (Å²) in [6.07, 6.45) is 3.27. The number of aryl methyl sites for hydroxylation is 1. The van der Waals surface area contributed by atoms with Gasteiger partial charge < -0.3 is 0 Å². The van der Waals surface area contributed by atoms with Crippen LogP contribution in [0, 0.1) is 5.92 Å². The molecule has 1 rings (SSSR count). The first-order valence-corrected chi connectivity index (χ1v) is 5.20. The number of aromatic nitrogens is 2. The van der Waals surface area contributed by atoms with Crippen LogP contribution in [0.15, 0.2) is 12.3 Å². The number of carbonyl (C=O) groups excluding carboxylic acids is 1. The standard InChI is InChI=1S/C11H18N2O/c1-4-13-10(7-8-12-13)11(14)6-5-9(2)3/h7-9H,4-6H2,1-3H3. The van der Waals surface area contributed by atoms with Gasteiger partial charge in [0.25, 0.3) is 0 Å². The Morgan fingerprint density at radius 2 is 2.29 bits per heavy atom. The van der Waals surface area contributed by atoms with Crippen molar-refractivity contribution in [1.82, 2.24) is 9.78 Å². The molecule has 0 aromatic carbocycles. The van der Waals surface area contributed by atoms with E-state index in [4.69, 9.17) is 0 Å². The average molecular weight is 194 g/mol. The minimum Gasteiger partial charge on any atom is -0.292 e. The molecule has 0 N–H and O–H groups in total. The molecule has 0 amide bonds. The molecule has 0 saturated heterocycles. The summed E-state index contributed by atoms with van der Waals surface area (Å²) in [4.78, 5) is 11.7. The highest BCUT2D eigenvalue weighted by atomic mass is 16.1. The molecule has 0 bridgehead atoms. The van der Waals surface area contributed by atoms with Crippen LogP contribution in [-0.4, -0.2) is 15.6 Å². The zero-order valence-electron chi connectivity index (χ0n) is 9.16. The molecule has 0 aliphatic rings. The Bertz CT molecular complexity index is 302. The van der Waals surface area contributed by atoms with Crippen LogP contribution in [0.4, 0.5) is 0 Å². The Morgan fingerprint density at radius 3 is 2.86 bits per heavy atom. The summed E-state index contributed by atoms with van der Waals surface area (Å²) < 4.78 is 1.75. The Morgan fingerprint density at radius 1 is 1.57 bits per heavy atom. The second-order valence-electron chi connectivity index (χ2n) is 3.89. The normalized spacial score (nSPS) is 10.9. The number of Topliss-reactive ketones (excluding diaryl/α,β-unsaturated/α-hetero) is 1. The quantitative estimate of drug-likeness (QED) is 0.675. The van der Waals surface area contributed by atoms with Gasteiger partial charge in [-0.1, -0.05) is 13.8 Å². The molecule has 0 atom stereocenters.